The molecule has 1 aromatic carbocycles. The van der Waals surface area contributed by atoms with E-state index in [1.807, 2.05) is 31.2 Å². The molecule has 0 saturated heterocycles. The molecule has 0 spiro atoms. The first-order valence-corrected chi connectivity index (χ1v) is 6.90. The van der Waals surface area contributed by atoms with Gasteiger partial charge in [-0.05, 0) is 30.2 Å². The van der Waals surface area contributed by atoms with Crippen molar-refractivity contribution in [1.29, 1.82) is 0 Å². The van der Waals surface area contributed by atoms with Crippen LogP contribution in [0, 0.1) is 6.92 Å². The molecule has 17 heavy (non-hydrogen) atoms. The minimum Gasteiger partial charge on any atom is -0.320 e. The summed E-state index contributed by atoms with van der Waals surface area (Å²) in [5.41, 5.74) is 8.99. The van der Waals surface area contributed by atoms with Gasteiger partial charge in [0.2, 0.25) is 0 Å². The third-order valence-electron chi connectivity index (χ3n) is 2.56. The molecule has 5 heteroatoms. The van der Waals surface area contributed by atoms with Crippen molar-refractivity contribution < 1.29 is 0 Å². The summed E-state index contributed by atoms with van der Waals surface area (Å²) < 4.78 is 1.28. The van der Waals surface area contributed by atoms with Crippen LogP contribution in [0.1, 0.15) is 22.7 Å². The SMILES string of the molecule is Cc1cc(C(N)c2cc(Cl)sc2Cl)ccc1Cl. The molecule has 1 heterocycles. The minimum absolute atomic E-state index is 0.276. The molecule has 0 bridgehead atoms. The second-order valence-electron chi connectivity index (χ2n) is 3.77. The summed E-state index contributed by atoms with van der Waals surface area (Å²) in [4.78, 5) is 0. The molecule has 0 aliphatic heterocycles. The summed E-state index contributed by atoms with van der Waals surface area (Å²) in [7, 11) is 0. The van der Waals surface area contributed by atoms with Gasteiger partial charge in [0.1, 0.15) is 0 Å². The van der Waals surface area contributed by atoms with Crippen LogP contribution in [0.4, 0.5) is 0 Å². The Morgan fingerprint density at radius 2 is 1.88 bits per heavy atom. The van der Waals surface area contributed by atoms with Gasteiger partial charge in [-0.2, -0.15) is 0 Å². The van der Waals surface area contributed by atoms with Crippen molar-refractivity contribution in [3.63, 3.8) is 0 Å². The number of hydrogen-bond acceptors (Lipinski definition) is 2. The Morgan fingerprint density at radius 3 is 2.41 bits per heavy atom. The molecule has 2 rings (SSSR count). The van der Waals surface area contributed by atoms with Gasteiger partial charge in [0.25, 0.3) is 0 Å². The van der Waals surface area contributed by atoms with E-state index in [0.717, 1.165) is 21.7 Å². The maximum atomic E-state index is 6.17. The fourth-order valence-electron chi connectivity index (χ4n) is 1.61. The highest BCUT2D eigenvalue weighted by molar-refractivity contribution is 7.20. The molecule has 1 aromatic heterocycles. The van der Waals surface area contributed by atoms with E-state index in [1.54, 1.807) is 0 Å². The summed E-state index contributed by atoms with van der Waals surface area (Å²) in [6.07, 6.45) is 0. The van der Waals surface area contributed by atoms with E-state index in [2.05, 4.69) is 0 Å². The Hall–Kier alpha value is -0.250. The van der Waals surface area contributed by atoms with Crippen LogP contribution in [-0.4, -0.2) is 0 Å². The number of hydrogen-bond donors (Lipinski definition) is 1. The Kier molecular flexibility index (Phi) is 4.01. The van der Waals surface area contributed by atoms with Gasteiger partial charge in [0, 0.05) is 10.6 Å². The van der Waals surface area contributed by atoms with E-state index >= 15 is 0 Å². The number of nitrogens with two attached hydrogens (primary N) is 1. The van der Waals surface area contributed by atoms with E-state index in [1.165, 1.54) is 11.3 Å². The zero-order chi connectivity index (χ0) is 12.6. The molecule has 2 N–H and O–H groups in total. The summed E-state index contributed by atoms with van der Waals surface area (Å²) in [6, 6.07) is 7.25. The van der Waals surface area contributed by atoms with Crippen LogP contribution in [0.2, 0.25) is 13.7 Å². The second kappa shape index (κ2) is 5.17. The number of benzene rings is 1. The lowest BCUT2D eigenvalue weighted by molar-refractivity contribution is 0.875. The monoisotopic (exact) mass is 305 g/mol. The van der Waals surface area contributed by atoms with Crippen LogP contribution in [-0.2, 0) is 0 Å². The molecular weight excluding hydrogens is 297 g/mol. The number of aryl methyl sites for hydroxylation is 1. The number of halogens is 3. The largest absolute Gasteiger partial charge is 0.320 e. The molecule has 0 radical (unpaired) electrons. The Bertz CT molecular complexity index is 551. The first kappa shape index (κ1) is 13.2. The van der Waals surface area contributed by atoms with Gasteiger partial charge < -0.3 is 5.73 Å². The van der Waals surface area contributed by atoms with Gasteiger partial charge >= 0.3 is 0 Å². The van der Waals surface area contributed by atoms with Crippen molar-refractivity contribution in [2.45, 2.75) is 13.0 Å². The van der Waals surface area contributed by atoms with Crippen LogP contribution in [0.5, 0.6) is 0 Å². The van der Waals surface area contributed by atoms with Gasteiger partial charge in [-0.3, -0.25) is 0 Å². The van der Waals surface area contributed by atoms with Crippen LogP contribution in [0.3, 0.4) is 0 Å². The van der Waals surface area contributed by atoms with E-state index in [-0.39, 0.29) is 6.04 Å². The normalized spacial score (nSPS) is 12.8. The van der Waals surface area contributed by atoms with E-state index < -0.39 is 0 Å². The molecule has 1 atom stereocenters. The highest BCUT2D eigenvalue weighted by Gasteiger charge is 2.16. The van der Waals surface area contributed by atoms with Crippen LogP contribution >= 0.6 is 46.1 Å². The first-order valence-electron chi connectivity index (χ1n) is 4.95. The molecule has 0 aliphatic carbocycles. The topological polar surface area (TPSA) is 26.0 Å². The molecule has 0 amide bonds. The maximum absolute atomic E-state index is 6.17. The molecule has 0 aliphatic rings. The average molecular weight is 307 g/mol. The summed E-state index contributed by atoms with van der Waals surface area (Å²) in [5.74, 6) is 0. The third-order valence-corrected chi connectivity index (χ3v) is 4.50. The smallest absolute Gasteiger partial charge is 0.0995 e. The van der Waals surface area contributed by atoms with Gasteiger partial charge in [-0.1, -0.05) is 46.9 Å². The van der Waals surface area contributed by atoms with Gasteiger partial charge in [0.05, 0.1) is 14.7 Å². The van der Waals surface area contributed by atoms with Crippen molar-refractivity contribution in [2.75, 3.05) is 0 Å². The molecule has 0 saturated carbocycles. The van der Waals surface area contributed by atoms with E-state index in [9.17, 15) is 0 Å². The zero-order valence-corrected chi connectivity index (χ0v) is 12.1. The van der Waals surface area contributed by atoms with Crippen LogP contribution in [0.15, 0.2) is 24.3 Å². The summed E-state index contributed by atoms with van der Waals surface area (Å²) in [5, 5.41) is 0.732. The van der Waals surface area contributed by atoms with Crippen LogP contribution in [0.25, 0.3) is 0 Å². The fraction of sp³-hybridized carbons (Fsp3) is 0.167. The standard InChI is InChI=1S/C12H10Cl3NS/c1-6-4-7(2-3-9(6)13)11(16)8-5-10(14)17-12(8)15/h2-5,11H,16H2,1H3. The van der Waals surface area contributed by atoms with Crippen molar-refractivity contribution in [3.05, 3.63) is 54.7 Å². The molecule has 1 unspecified atom stereocenters. The van der Waals surface area contributed by atoms with E-state index in [4.69, 9.17) is 40.5 Å². The van der Waals surface area contributed by atoms with Gasteiger partial charge in [0.15, 0.2) is 0 Å². The second-order valence-corrected chi connectivity index (χ2v) is 6.46. The third kappa shape index (κ3) is 2.78. The number of rotatable bonds is 2. The summed E-state index contributed by atoms with van der Waals surface area (Å²) in [6.45, 7) is 1.95. The lowest BCUT2D eigenvalue weighted by atomic mass is 10.0. The first-order chi connectivity index (χ1) is 7.99. The highest BCUT2D eigenvalue weighted by Crippen LogP contribution is 2.36. The molecule has 2 aromatic rings. The molecule has 90 valence electrons. The average Bonchev–Trinajstić information content (AvgIpc) is 2.61. The Morgan fingerprint density at radius 1 is 1.18 bits per heavy atom. The lowest BCUT2D eigenvalue weighted by Gasteiger charge is -2.12. The summed E-state index contributed by atoms with van der Waals surface area (Å²) >= 11 is 19.3. The number of thiophene rings is 1. The molecular formula is C12H10Cl3NS. The van der Waals surface area contributed by atoms with Gasteiger partial charge in [-0.15, -0.1) is 11.3 Å². The maximum Gasteiger partial charge on any atom is 0.0995 e. The van der Waals surface area contributed by atoms with Crippen molar-refractivity contribution >= 4 is 46.1 Å². The quantitative estimate of drug-likeness (QED) is 0.824. The highest BCUT2D eigenvalue weighted by atomic mass is 35.5. The fourth-order valence-corrected chi connectivity index (χ4v) is 3.27. The van der Waals surface area contributed by atoms with Gasteiger partial charge in [-0.25, -0.2) is 0 Å². The van der Waals surface area contributed by atoms with Crippen molar-refractivity contribution in [1.82, 2.24) is 0 Å². The Balaban J connectivity index is 2.40. The van der Waals surface area contributed by atoms with Crippen molar-refractivity contribution in [2.24, 2.45) is 5.73 Å². The van der Waals surface area contributed by atoms with E-state index in [0.29, 0.717) is 8.67 Å². The molecule has 1 nitrogen and oxygen atoms in total. The minimum atomic E-state index is -0.276. The zero-order valence-electron chi connectivity index (χ0n) is 9.01. The molecule has 0 fully saturated rings. The van der Waals surface area contributed by atoms with Crippen molar-refractivity contribution in [3.8, 4) is 0 Å². The lowest BCUT2D eigenvalue weighted by Crippen LogP contribution is -2.11. The predicted octanol–water partition coefficient (Wildman–Crippen LogP) is 5.06. The van der Waals surface area contributed by atoms with Crippen LogP contribution < -0.4 is 5.73 Å². The Labute approximate surface area is 119 Å². The predicted molar refractivity (Wildman–Crippen MR) is 76.6 cm³/mol.